The van der Waals surface area contributed by atoms with Crippen LogP contribution in [0.5, 0.6) is 0 Å². The zero-order chi connectivity index (χ0) is 23.9. The Morgan fingerprint density at radius 3 is 1.47 bits per heavy atom. The fourth-order valence-corrected chi connectivity index (χ4v) is 5.37. The molecule has 0 aliphatic rings. The van der Waals surface area contributed by atoms with Crippen LogP contribution in [0.15, 0.2) is 140 Å². The molecule has 0 aliphatic heterocycles. The molecule has 6 aromatic carbocycles. The summed E-state index contributed by atoms with van der Waals surface area (Å²) in [6, 6.07) is 45.8. The van der Waals surface area contributed by atoms with Gasteiger partial charge in [-0.05, 0) is 84.6 Å². The molecule has 36 heavy (non-hydrogen) atoms. The maximum atomic E-state index is 4.46. The van der Waals surface area contributed by atoms with Crippen LogP contribution in [0.2, 0.25) is 0 Å². The first-order valence-corrected chi connectivity index (χ1v) is 12.3. The van der Waals surface area contributed by atoms with Crippen LogP contribution in [0, 0.1) is 0 Å². The van der Waals surface area contributed by atoms with Gasteiger partial charge in [0.05, 0.1) is 0 Å². The normalized spacial score (nSPS) is 11.3. The molecular weight excluding hydrogens is 434 g/mol. The zero-order valence-electron chi connectivity index (χ0n) is 19.7. The predicted molar refractivity (Wildman–Crippen MR) is 153 cm³/mol. The first-order valence-electron chi connectivity index (χ1n) is 12.3. The van der Waals surface area contributed by atoms with Crippen molar-refractivity contribution in [3.8, 4) is 33.4 Å². The number of aromatic nitrogens is 1. The molecule has 1 heterocycles. The zero-order valence-corrected chi connectivity index (χ0v) is 19.7. The predicted octanol–water partition coefficient (Wildman–Crippen LogP) is 9.54. The van der Waals surface area contributed by atoms with E-state index in [1.54, 1.807) is 0 Å². The molecule has 0 radical (unpaired) electrons. The van der Waals surface area contributed by atoms with Crippen LogP contribution >= 0.6 is 0 Å². The fourth-order valence-electron chi connectivity index (χ4n) is 5.37. The molecule has 0 amide bonds. The van der Waals surface area contributed by atoms with E-state index in [-0.39, 0.29) is 0 Å². The Morgan fingerprint density at radius 2 is 0.806 bits per heavy atom. The molecule has 0 fully saturated rings. The van der Waals surface area contributed by atoms with E-state index in [1.807, 2.05) is 12.4 Å². The number of fused-ring (bicyclic) bond motifs is 6. The first kappa shape index (κ1) is 20.6. The molecule has 0 unspecified atom stereocenters. The maximum Gasteiger partial charge on any atom is 0.0352 e. The number of nitrogens with zero attached hydrogens (tertiary/aromatic N) is 1. The number of hydrogen-bond donors (Lipinski definition) is 0. The summed E-state index contributed by atoms with van der Waals surface area (Å²) < 4.78 is 0. The van der Waals surface area contributed by atoms with E-state index in [0.29, 0.717) is 0 Å². The molecule has 0 atom stereocenters. The third kappa shape index (κ3) is 3.45. The van der Waals surface area contributed by atoms with Crippen LogP contribution in [0.1, 0.15) is 0 Å². The Labute approximate surface area is 210 Å². The summed E-state index contributed by atoms with van der Waals surface area (Å²) in [5, 5.41) is 7.50. The van der Waals surface area contributed by atoms with Crippen LogP contribution in [0.25, 0.3) is 65.7 Å². The summed E-state index contributed by atoms with van der Waals surface area (Å²) in [5.41, 5.74) is 7.33. The van der Waals surface area contributed by atoms with Crippen molar-refractivity contribution in [3.63, 3.8) is 0 Å². The molecule has 1 aromatic heterocycles. The van der Waals surface area contributed by atoms with Gasteiger partial charge in [-0.3, -0.25) is 4.98 Å². The summed E-state index contributed by atoms with van der Waals surface area (Å²) in [6.45, 7) is 0. The minimum absolute atomic E-state index is 1.19. The topological polar surface area (TPSA) is 12.9 Å². The summed E-state index contributed by atoms with van der Waals surface area (Å²) in [5.74, 6) is 0. The van der Waals surface area contributed by atoms with Crippen molar-refractivity contribution in [1.29, 1.82) is 0 Å². The highest BCUT2D eigenvalue weighted by molar-refractivity contribution is 6.25. The molecule has 7 rings (SSSR count). The second-order valence-electron chi connectivity index (χ2n) is 9.25. The van der Waals surface area contributed by atoms with E-state index < -0.39 is 0 Å². The van der Waals surface area contributed by atoms with Crippen molar-refractivity contribution in [2.24, 2.45) is 0 Å². The fraction of sp³-hybridized carbons (Fsp3) is 0. The second kappa shape index (κ2) is 8.48. The average molecular weight is 458 g/mol. The van der Waals surface area contributed by atoms with Gasteiger partial charge in [0.15, 0.2) is 0 Å². The van der Waals surface area contributed by atoms with E-state index in [0.717, 1.165) is 0 Å². The van der Waals surface area contributed by atoms with Gasteiger partial charge in [0.2, 0.25) is 0 Å². The molecule has 0 aliphatic carbocycles. The van der Waals surface area contributed by atoms with Crippen LogP contribution in [-0.4, -0.2) is 4.98 Å². The van der Waals surface area contributed by atoms with Crippen LogP contribution in [0.4, 0.5) is 0 Å². The third-order valence-corrected chi connectivity index (χ3v) is 7.14. The van der Waals surface area contributed by atoms with Gasteiger partial charge in [0.25, 0.3) is 0 Å². The Bertz CT molecular complexity index is 1850. The first-order chi connectivity index (χ1) is 17.8. The SMILES string of the molecule is c1ccc(-c2cccc(-c3cccc(-c4ccc5c6ccccc6c6ccncc6c5c4)c3)c2)cc1. The lowest BCUT2D eigenvalue weighted by molar-refractivity contribution is 1.37. The highest BCUT2D eigenvalue weighted by Crippen LogP contribution is 2.37. The van der Waals surface area contributed by atoms with Gasteiger partial charge in [0, 0.05) is 17.8 Å². The smallest absolute Gasteiger partial charge is 0.0352 e. The number of rotatable bonds is 3. The number of pyridine rings is 1. The van der Waals surface area contributed by atoms with E-state index in [2.05, 4.69) is 132 Å². The summed E-state index contributed by atoms with van der Waals surface area (Å²) in [7, 11) is 0. The van der Waals surface area contributed by atoms with Gasteiger partial charge in [-0.1, -0.05) is 103 Å². The highest BCUT2D eigenvalue weighted by atomic mass is 14.6. The Hall–Kier alpha value is -4.75. The third-order valence-electron chi connectivity index (χ3n) is 7.14. The van der Waals surface area contributed by atoms with Crippen molar-refractivity contribution in [2.75, 3.05) is 0 Å². The van der Waals surface area contributed by atoms with Gasteiger partial charge in [-0.15, -0.1) is 0 Å². The van der Waals surface area contributed by atoms with E-state index in [4.69, 9.17) is 0 Å². The van der Waals surface area contributed by atoms with Crippen LogP contribution in [0.3, 0.4) is 0 Å². The summed E-state index contributed by atoms with van der Waals surface area (Å²) in [4.78, 5) is 4.46. The van der Waals surface area contributed by atoms with E-state index in [1.165, 1.54) is 65.7 Å². The lowest BCUT2D eigenvalue weighted by atomic mass is 9.92. The Balaban J connectivity index is 1.38. The maximum absolute atomic E-state index is 4.46. The summed E-state index contributed by atoms with van der Waals surface area (Å²) in [6.07, 6.45) is 3.89. The van der Waals surface area contributed by atoms with Crippen molar-refractivity contribution in [2.45, 2.75) is 0 Å². The van der Waals surface area contributed by atoms with Crippen molar-refractivity contribution in [3.05, 3.63) is 140 Å². The Morgan fingerprint density at radius 1 is 0.306 bits per heavy atom. The lowest BCUT2D eigenvalue weighted by Crippen LogP contribution is -1.86. The molecule has 0 spiro atoms. The Kier molecular flexibility index (Phi) is 4.85. The van der Waals surface area contributed by atoms with Crippen molar-refractivity contribution < 1.29 is 0 Å². The monoisotopic (exact) mass is 457 g/mol. The van der Waals surface area contributed by atoms with Gasteiger partial charge in [0.1, 0.15) is 0 Å². The molecule has 1 nitrogen and oxygen atoms in total. The molecular formula is C35H23N. The quantitative estimate of drug-likeness (QED) is 0.241. The lowest BCUT2D eigenvalue weighted by Gasteiger charge is -2.12. The van der Waals surface area contributed by atoms with Crippen LogP contribution < -0.4 is 0 Å². The van der Waals surface area contributed by atoms with Gasteiger partial charge >= 0.3 is 0 Å². The van der Waals surface area contributed by atoms with E-state index >= 15 is 0 Å². The molecule has 0 bridgehead atoms. The van der Waals surface area contributed by atoms with Gasteiger partial charge < -0.3 is 0 Å². The van der Waals surface area contributed by atoms with Gasteiger partial charge in [-0.25, -0.2) is 0 Å². The molecule has 7 aromatic rings. The molecule has 0 N–H and O–H groups in total. The minimum Gasteiger partial charge on any atom is -0.264 e. The molecule has 168 valence electrons. The number of hydrogen-bond acceptors (Lipinski definition) is 1. The largest absolute Gasteiger partial charge is 0.264 e. The van der Waals surface area contributed by atoms with Crippen LogP contribution in [-0.2, 0) is 0 Å². The molecule has 1 heteroatoms. The minimum atomic E-state index is 1.19. The van der Waals surface area contributed by atoms with Crippen molar-refractivity contribution >= 4 is 32.3 Å². The highest BCUT2D eigenvalue weighted by Gasteiger charge is 2.10. The second-order valence-corrected chi connectivity index (χ2v) is 9.25. The molecule has 0 saturated carbocycles. The summed E-state index contributed by atoms with van der Waals surface area (Å²) >= 11 is 0. The average Bonchev–Trinajstić information content (AvgIpc) is 2.98. The number of benzene rings is 6. The van der Waals surface area contributed by atoms with Gasteiger partial charge in [-0.2, -0.15) is 0 Å². The van der Waals surface area contributed by atoms with Crippen molar-refractivity contribution in [1.82, 2.24) is 4.98 Å². The molecule has 0 saturated heterocycles. The standard InChI is InChI=1S/C35H23N/c1-2-8-24(9-3-1)25-10-6-11-26(20-25)27-12-7-13-28(21-27)29-16-17-32-30-14-4-5-15-31(30)33-18-19-36-23-35(33)34(32)22-29/h1-23H. The van der Waals surface area contributed by atoms with E-state index in [9.17, 15) is 0 Å².